The Kier molecular flexibility index (Phi) is 5.23. The molecular formula is C22H23NO2S. The summed E-state index contributed by atoms with van der Waals surface area (Å²) in [4.78, 5) is 12.8. The first kappa shape index (κ1) is 18.3. The van der Waals surface area contributed by atoms with Crippen LogP contribution < -0.4 is 0 Å². The molecule has 0 atom stereocenters. The highest BCUT2D eigenvalue weighted by atomic mass is 32.2. The number of nitrogens with zero attached hydrogens (tertiary/aromatic N) is 1. The van der Waals surface area contributed by atoms with Gasteiger partial charge in [0.25, 0.3) is 0 Å². The van der Waals surface area contributed by atoms with E-state index in [1.807, 2.05) is 30.5 Å². The highest BCUT2D eigenvalue weighted by Gasteiger charge is 2.18. The molecule has 0 amide bonds. The number of rotatable bonds is 5. The molecule has 0 spiro atoms. The van der Waals surface area contributed by atoms with Crippen molar-refractivity contribution in [1.82, 2.24) is 4.57 Å². The maximum absolute atomic E-state index is 11.5. The third-order valence-electron chi connectivity index (χ3n) is 4.73. The second-order valence-corrected chi connectivity index (χ2v) is 7.25. The number of aromatic carboxylic acids is 1. The molecule has 0 unspecified atom stereocenters. The Morgan fingerprint density at radius 2 is 1.85 bits per heavy atom. The van der Waals surface area contributed by atoms with Gasteiger partial charge in [-0.25, -0.2) is 4.79 Å². The summed E-state index contributed by atoms with van der Waals surface area (Å²) in [6.45, 7) is 5.98. The first-order chi connectivity index (χ1) is 12.5. The Morgan fingerprint density at radius 3 is 2.46 bits per heavy atom. The lowest BCUT2D eigenvalue weighted by Crippen LogP contribution is -2.04. The topological polar surface area (TPSA) is 42.2 Å². The van der Waals surface area contributed by atoms with E-state index in [1.165, 1.54) is 10.5 Å². The summed E-state index contributed by atoms with van der Waals surface area (Å²) in [5.74, 6) is -0.889. The molecule has 0 aliphatic carbocycles. The third-order valence-corrected chi connectivity index (χ3v) is 5.43. The van der Waals surface area contributed by atoms with E-state index in [0.29, 0.717) is 5.56 Å². The molecule has 0 bridgehead atoms. The maximum Gasteiger partial charge on any atom is 0.337 e. The lowest BCUT2D eigenvalue weighted by molar-refractivity contribution is 0.0696. The normalized spacial score (nSPS) is 10.9. The smallest absolute Gasteiger partial charge is 0.337 e. The van der Waals surface area contributed by atoms with Crippen molar-refractivity contribution in [2.24, 2.45) is 0 Å². The second kappa shape index (κ2) is 7.42. The molecule has 3 rings (SSSR count). The van der Waals surface area contributed by atoms with E-state index in [4.69, 9.17) is 0 Å². The van der Waals surface area contributed by atoms with Gasteiger partial charge in [-0.15, -0.1) is 11.8 Å². The number of carboxylic acid groups (broad SMARTS) is 1. The molecule has 2 aromatic carbocycles. The molecule has 3 aromatic rings. The minimum atomic E-state index is -0.889. The van der Waals surface area contributed by atoms with E-state index in [2.05, 4.69) is 43.5 Å². The first-order valence-corrected chi connectivity index (χ1v) is 9.88. The van der Waals surface area contributed by atoms with Gasteiger partial charge >= 0.3 is 5.97 Å². The Bertz CT molecular complexity index is 950. The number of hydrogen-bond donors (Lipinski definition) is 1. The largest absolute Gasteiger partial charge is 0.478 e. The fraction of sp³-hybridized carbons (Fsp3) is 0.227. The van der Waals surface area contributed by atoms with E-state index < -0.39 is 5.97 Å². The standard InChI is InChI=1S/C22H23NO2S/c1-5-16-11-17(13-18(12-16)26-4)19-8-6-7-9-21(19)23-14(2)10-20(15(23)3)22(24)25/h6-13H,5H2,1-4H3,(H,24,25). The number of benzene rings is 2. The van der Waals surface area contributed by atoms with Crippen LogP contribution in [0.1, 0.15) is 34.2 Å². The average Bonchev–Trinajstić information content (AvgIpc) is 2.95. The molecule has 0 saturated carbocycles. The van der Waals surface area contributed by atoms with E-state index in [1.54, 1.807) is 17.8 Å². The summed E-state index contributed by atoms with van der Waals surface area (Å²) in [5, 5.41) is 9.46. The molecule has 0 saturated heterocycles. The lowest BCUT2D eigenvalue weighted by atomic mass is 10.00. The zero-order valence-corrected chi connectivity index (χ0v) is 16.4. The van der Waals surface area contributed by atoms with Gasteiger partial charge in [0.2, 0.25) is 0 Å². The quantitative estimate of drug-likeness (QED) is 0.586. The number of thioether (sulfide) groups is 1. The molecule has 134 valence electrons. The van der Waals surface area contributed by atoms with Gasteiger partial charge < -0.3 is 9.67 Å². The fourth-order valence-electron chi connectivity index (χ4n) is 3.40. The van der Waals surface area contributed by atoms with Crippen LogP contribution >= 0.6 is 11.8 Å². The average molecular weight is 365 g/mol. The lowest BCUT2D eigenvalue weighted by Gasteiger charge is -2.16. The van der Waals surface area contributed by atoms with Crippen molar-refractivity contribution >= 4 is 17.7 Å². The van der Waals surface area contributed by atoms with Crippen molar-refractivity contribution in [1.29, 1.82) is 0 Å². The number of carboxylic acids is 1. The van der Waals surface area contributed by atoms with Crippen LogP contribution in [0.4, 0.5) is 0 Å². The molecule has 0 aliphatic rings. The van der Waals surface area contributed by atoms with Crippen molar-refractivity contribution in [3.63, 3.8) is 0 Å². The summed E-state index contributed by atoms with van der Waals surface area (Å²) in [6.07, 6.45) is 3.07. The molecule has 26 heavy (non-hydrogen) atoms. The number of aryl methyl sites for hydroxylation is 2. The Labute approximate surface area is 158 Å². The molecule has 1 aromatic heterocycles. The van der Waals surface area contributed by atoms with Gasteiger partial charge in [-0.05, 0) is 61.9 Å². The van der Waals surface area contributed by atoms with Gasteiger partial charge in [0.1, 0.15) is 0 Å². The SMILES string of the molecule is CCc1cc(SC)cc(-c2ccccc2-n2c(C)cc(C(=O)O)c2C)c1. The Morgan fingerprint density at radius 1 is 1.12 bits per heavy atom. The highest BCUT2D eigenvalue weighted by molar-refractivity contribution is 7.98. The van der Waals surface area contributed by atoms with Crippen molar-refractivity contribution in [2.75, 3.05) is 6.26 Å². The number of aromatic nitrogens is 1. The third kappa shape index (κ3) is 3.29. The van der Waals surface area contributed by atoms with Gasteiger partial charge in [0.15, 0.2) is 0 Å². The van der Waals surface area contributed by atoms with E-state index >= 15 is 0 Å². The van der Waals surface area contributed by atoms with Crippen molar-refractivity contribution in [2.45, 2.75) is 32.1 Å². The molecule has 1 heterocycles. The number of hydrogen-bond acceptors (Lipinski definition) is 2. The van der Waals surface area contributed by atoms with Crippen molar-refractivity contribution in [3.05, 3.63) is 71.0 Å². The predicted octanol–water partition coefficient (Wildman–Crippen LogP) is 5.74. The zero-order chi connectivity index (χ0) is 18.8. The molecule has 0 aliphatic heterocycles. The van der Waals surface area contributed by atoms with E-state index in [-0.39, 0.29) is 0 Å². The Balaban J connectivity index is 2.25. The summed E-state index contributed by atoms with van der Waals surface area (Å²) < 4.78 is 2.04. The zero-order valence-electron chi connectivity index (χ0n) is 15.5. The molecular weight excluding hydrogens is 342 g/mol. The number of carbonyl (C=O) groups is 1. The molecule has 3 nitrogen and oxygen atoms in total. The summed E-state index contributed by atoms with van der Waals surface area (Å²) in [5.41, 5.74) is 6.60. The van der Waals surface area contributed by atoms with Crippen molar-refractivity contribution < 1.29 is 9.90 Å². The van der Waals surface area contributed by atoms with Crippen LogP contribution in [-0.2, 0) is 6.42 Å². The van der Waals surface area contributed by atoms with E-state index in [9.17, 15) is 9.90 Å². The van der Waals surface area contributed by atoms with Gasteiger partial charge in [-0.1, -0.05) is 31.2 Å². The van der Waals surface area contributed by atoms with Crippen LogP contribution in [0.2, 0.25) is 0 Å². The molecule has 0 radical (unpaired) electrons. The minimum absolute atomic E-state index is 0.351. The van der Waals surface area contributed by atoms with Gasteiger partial charge in [-0.3, -0.25) is 0 Å². The van der Waals surface area contributed by atoms with Gasteiger partial charge in [-0.2, -0.15) is 0 Å². The molecule has 0 fully saturated rings. The summed E-state index contributed by atoms with van der Waals surface area (Å²) >= 11 is 1.74. The molecule has 4 heteroatoms. The minimum Gasteiger partial charge on any atom is -0.478 e. The fourth-order valence-corrected chi connectivity index (χ4v) is 3.92. The van der Waals surface area contributed by atoms with Gasteiger partial charge in [0, 0.05) is 21.8 Å². The Hall–Kier alpha value is -2.46. The summed E-state index contributed by atoms with van der Waals surface area (Å²) in [6, 6.07) is 16.6. The predicted molar refractivity (Wildman–Crippen MR) is 109 cm³/mol. The van der Waals surface area contributed by atoms with E-state index in [0.717, 1.165) is 34.6 Å². The second-order valence-electron chi connectivity index (χ2n) is 6.37. The van der Waals surface area contributed by atoms with Crippen LogP contribution in [0.25, 0.3) is 16.8 Å². The van der Waals surface area contributed by atoms with Crippen LogP contribution in [0.3, 0.4) is 0 Å². The maximum atomic E-state index is 11.5. The number of para-hydroxylation sites is 1. The van der Waals surface area contributed by atoms with Crippen LogP contribution in [0.5, 0.6) is 0 Å². The summed E-state index contributed by atoms with van der Waals surface area (Å²) in [7, 11) is 0. The monoisotopic (exact) mass is 365 g/mol. The van der Waals surface area contributed by atoms with Crippen LogP contribution in [0, 0.1) is 13.8 Å². The van der Waals surface area contributed by atoms with Crippen molar-refractivity contribution in [3.8, 4) is 16.8 Å². The van der Waals surface area contributed by atoms with Gasteiger partial charge in [0.05, 0.1) is 11.3 Å². The van der Waals surface area contributed by atoms with Crippen LogP contribution in [0.15, 0.2) is 53.4 Å². The molecule has 1 N–H and O–H groups in total. The first-order valence-electron chi connectivity index (χ1n) is 8.66. The highest BCUT2D eigenvalue weighted by Crippen LogP contribution is 2.33. The van der Waals surface area contributed by atoms with Crippen LogP contribution in [-0.4, -0.2) is 21.9 Å².